The van der Waals surface area contributed by atoms with Crippen molar-refractivity contribution >= 4 is 23.3 Å². The molecule has 1 unspecified atom stereocenters. The minimum Gasteiger partial charge on any atom is -0.499 e. The first-order valence-corrected chi connectivity index (χ1v) is 13.8. The van der Waals surface area contributed by atoms with Crippen molar-refractivity contribution in [2.45, 2.75) is 73.8 Å². The molecule has 1 aromatic rings. The number of benzene rings is 1. The van der Waals surface area contributed by atoms with Gasteiger partial charge in [-0.2, -0.15) is 0 Å². The minimum atomic E-state index is -1.61. The Kier molecular flexibility index (Phi) is 8.93. The summed E-state index contributed by atoms with van der Waals surface area (Å²) >= 11 is 0. The molecule has 1 aromatic carbocycles. The lowest BCUT2D eigenvalue weighted by atomic mass is 9.39. The molecule has 2 aliphatic rings. The van der Waals surface area contributed by atoms with Crippen LogP contribution in [-0.2, 0) is 23.9 Å². The van der Waals surface area contributed by atoms with Crippen molar-refractivity contribution < 1.29 is 28.7 Å². The molecule has 1 saturated carbocycles. The van der Waals surface area contributed by atoms with Gasteiger partial charge >= 0.3 is 5.97 Å². The second-order valence-electron chi connectivity index (χ2n) is 12.1. The van der Waals surface area contributed by atoms with E-state index >= 15 is 4.79 Å². The van der Waals surface area contributed by atoms with Gasteiger partial charge in [0, 0.05) is 18.4 Å². The van der Waals surface area contributed by atoms with Crippen molar-refractivity contribution in [3.05, 3.63) is 83.2 Å². The third-order valence-electron chi connectivity index (χ3n) is 8.77. The highest BCUT2D eigenvalue weighted by Gasteiger charge is 2.73. The molecule has 0 radical (unpaired) electrons. The summed E-state index contributed by atoms with van der Waals surface area (Å²) in [4.78, 5) is 56.2. The van der Waals surface area contributed by atoms with Crippen LogP contribution in [0.5, 0.6) is 0 Å². The maximum atomic E-state index is 15.0. The fourth-order valence-corrected chi connectivity index (χ4v) is 6.59. The number of carbonyl (C=O) groups is 4. The first kappa shape index (κ1) is 31.0. The maximum absolute atomic E-state index is 15.0. The number of fused-ring (bicyclic) bond motifs is 2. The summed E-state index contributed by atoms with van der Waals surface area (Å²) < 4.78 is 11.7. The third-order valence-corrected chi connectivity index (χ3v) is 8.77. The van der Waals surface area contributed by atoms with Gasteiger partial charge in [-0.05, 0) is 52.4 Å². The number of Topliss-reactive ketones (excluding diaryl/α,β-unsaturated/α-hetero) is 3. The lowest BCUT2D eigenvalue weighted by Crippen LogP contribution is -2.68. The number of esters is 1. The Bertz CT molecular complexity index is 1300. The summed E-state index contributed by atoms with van der Waals surface area (Å²) in [5, 5.41) is 0. The van der Waals surface area contributed by atoms with E-state index in [4.69, 9.17) is 9.47 Å². The van der Waals surface area contributed by atoms with Gasteiger partial charge in [-0.3, -0.25) is 19.2 Å². The fraction of sp³-hybridized carbons (Fsp3) is 0.471. The molecular weight excluding hydrogens is 504 g/mol. The summed E-state index contributed by atoms with van der Waals surface area (Å²) in [5.41, 5.74) is -1.74. The molecule has 0 N–H and O–H groups in total. The van der Waals surface area contributed by atoms with E-state index in [1.165, 1.54) is 14.0 Å². The molecule has 3 rings (SSSR count). The average molecular weight is 547 g/mol. The van der Waals surface area contributed by atoms with Gasteiger partial charge in [0.15, 0.2) is 17.3 Å². The van der Waals surface area contributed by atoms with E-state index in [-0.39, 0.29) is 36.4 Å². The summed E-state index contributed by atoms with van der Waals surface area (Å²) in [6, 6.07) is 8.61. The molecule has 6 nitrogen and oxygen atoms in total. The van der Waals surface area contributed by atoms with Crippen LogP contribution in [0.15, 0.2) is 77.6 Å². The zero-order valence-electron chi connectivity index (χ0n) is 25.1. The van der Waals surface area contributed by atoms with Crippen LogP contribution in [0.4, 0.5) is 0 Å². The Labute approximate surface area is 238 Å². The third kappa shape index (κ3) is 4.93. The number of rotatable bonds is 10. The van der Waals surface area contributed by atoms with Crippen LogP contribution in [0, 0.1) is 22.2 Å². The van der Waals surface area contributed by atoms with Crippen molar-refractivity contribution in [3.8, 4) is 0 Å². The fourth-order valence-electron chi connectivity index (χ4n) is 6.59. The molecule has 4 atom stereocenters. The van der Waals surface area contributed by atoms with E-state index in [0.29, 0.717) is 5.56 Å². The predicted molar refractivity (Wildman–Crippen MR) is 155 cm³/mol. The number of ether oxygens (including phenoxy) is 2. The van der Waals surface area contributed by atoms with Crippen molar-refractivity contribution in [2.24, 2.45) is 22.2 Å². The molecule has 2 aliphatic carbocycles. The number of carbonyl (C=O) groups excluding carboxylic acids is 4. The molecule has 1 fully saturated rings. The molecule has 0 heterocycles. The smallest absolute Gasteiger partial charge is 0.303 e. The Morgan fingerprint density at radius 3 is 2.08 bits per heavy atom. The van der Waals surface area contributed by atoms with Crippen LogP contribution < -0.4 is 0 Å². The topological polar surface area (TPSA) is 86.7 Å². The Morgan fingerprint density at radius 2 is 1.57 bits per heavy atom. The van der Waals surface area contributed by atoms with Gasteiger partial charge in [-0.15, -0.1) is 0 Å². The van der Waals surface area contributed by atoms with Crippen molar-refractivity contribution in [3.63, 3.8) is 0 Å². The van der Waals surface area contributed by atoms with Gasteiger partial charge in [0.1, 0.15) is 22.9 Å². The predicted octanol–water partition coefficient (Wildman–Crippen LogP) is 6.77. The number of ketones is 3. The van der Waals surface area contributed by atoms with Crippen LogP contribution in [0.3, 0.4) is 0 Å². The highest BCUT2D eigenvalue weighted by Crippen LogP contribution is 2.67. The van der Waals surface area contributed by atoms with E-state index in [2.05, 4.69) is 6.58 Å². The van der Waals surface area contributed by atoms with E-state index in [0.717, 1.165) is 11.1 Å². The van der Waals surface area contributed by atoms with Crippen molar-refractivity contribution in [1.29, 1.82) is 0 Å². The highest BCUT2D eigenvalue weighted by atomic mass is 16.5. The molecule has 0 saturated heterocycles. The largest absolute Gasteiger partial charge is 0.499 e. The van der Waals surface area contributed by atoms with Crippen LogP contribution in [0.1, 0.15) is 78.1 Å². The first-order chi connectivity index (χ1) is 18.7. The standard InChI is InChI=1S/C34H42O6/c1-10-26(40-23(6)35)25-20-33(18-16-21(2)3)30(39-9)27(28(36)24-14-12-11-13-15-24)29(37)34(31(33)38,32(25,7)8)19-17-22(4)5/h10-17,25-26H,1,18-20H2,2-9H3/t25-,26?,33+,34-/m0/s1. The molecule has 6 heteroatoms. The first-order valence-electron chi connectivity index (χ1n) is 13.8. The van der Waals surface area contributed by atoms with Gasteiger partial charge in [0.2, 0.25) is 0 Å². The van der Waals surface area contributed by atoms with E-state index in [9.17, 15) is 14.4 Å². The Hall–Kier alpha value is -3.54. The Morgan fingerprint density at radius 1 is 1.00 bits per heavy atom. The average Bonchev–Trinajstić information content (AvgIpc) is 2.89. The molecule has 0 amide bonds. The maximum Gasteiger partial charge on any atom is 0.303 e. The zero-order valence-corrected chi connectivity index (χ0v) is 25.1. The number of hydrogen-bond acceptors (Lipinski definition) is 6. The van der Waals surface area contributed by atoms with Gasteiger partial charge < -0.3 is 9.47 Å². The summed E-state index contributed by atoms with van der Waals surface area (Å²) in [5.74, 6) is -2.12. The zero-order chi connectivity index (χ0) is 30.0. The normalized spacial score (nSPS) is 25.9. The molecule has 0 aromatic heterocycles. The van der Waals surface area contributed by atoms with Crippen LogP contribution in [-0.4, -0.2) is 36.5 Å². The van der Waals surface area contributed by atoms with Gasteiger partial charge in [-0.25, -0.2) is 0 Å². The molecule has 0 aliphatic heterocycles. The number of methoxy groups -OCH3 is 1. The van der Waals surface area contributed by atoms with Crippen LogP contribution in [0.25, 0.3) is 0 Å². The van der Waals surface area contributed by atoms with Gasteiger partial charge in [0.25, 0.3) is 0 Å². The second kappa shape index (κ2) is 11.5. The van der Waals surface area contributed by atoms with Gasteiger partial charge in [-0.1, -0.05) is 80.1 Å². The summed E-state index contributed by atoms with van der Waals surface area (Å²) in [7, 11) is 1.41. The van der Waals surface area contributed by atoms with Crippen LogP contribution in [0.2, 0.25) is 0 Å². The number of allylic oxidation sites excluding steroid dienone is 6. The number of hydrogen-bond donors (Lipinski definition) is 0. The molecule has 2 bridgehead atoms. The SMILES string of the molecule is C=CC(OC(C)=O)[C@@H]1C[C@@]2(CC=C(C)C)C(=O)[C@](CC=C(C)C)(C(=O)C(C(=O)c3ccccc3)=C2OC)C1(C)C. The summed E-state index contributed by atoms with van der Waals surface area (Å²) in [6.45, 7) is 16.7. The van der Waals surface area contributed by atoms with Crippen molar-refractivity contribution in [1.82, 2.24) is 0 Å². The molecule has 40 heavy (non-hydrogen) atoms. The highest BCUT2D eigenvalue weighted by molar-refractivity contribution is 6.35. The molecule has 0 spiro atoms. The minimum absolute atomic E-state index is 0.0771. The van der Waals surface area contributed by atoms with Gasteiger partial charge in [0.05, 0.1) is 12.5 Å². The second-order valence-corrected chi connectivity index (χ2v) is 12.1. The summed E-state index contributed by atoms with van der Waals surface area (Å²) in [6.07, 6.45) is 5.22. The van der Waals surface area contributed by atoms with Crippen molar-refractivity contribution in [2.75, 3.05) is 7.11 Å². The monoisotopic (exact) mass is 546 g/mol. The van der Waals surface area contributed by atoms with E-state index in [1.807, 2.05) is 53.7 Å². The Balaban J connectivity index is 2.51. The molecular formula is C34H42O6. The van der Waals surface area contributed by atoms with E-state index < -0.39 is 45.8 Å². The lowest BCUT2D eigenvalue weighted by molar-refractivity contribution is -0.180. The molecule has 214 valence electrons. The van der Waals surface area contributed by atoms with E-state index in [1.54, 1.807) is 36.4 Å². The van der Waals surface area contributed by atoms with Crippen LogP contribution >= 0.6 is 0 Å². The quantitative estimate of drug-likeness (QED) is 0.106. The lowest BCUT2D eigenvalue weighted by Gasteiger charge is -2.61.